The molecule has 1 amide bonds. The molecule has 0 spiro atoms. The van der Waals surface area contributed by atoms with Crippen molar-refractivity contribution in [3.63, 3.8) is 0 Å². The van der Waals surface area contributed by atoms with Gasteiger partial charge in [-0.25, -0.2) is 0 Å². The van der Waals surface area contributed by atoms with Crippen LogP contribution in [-0.4, -0.2) is 53.4 Å². The molecule has 1 aliphatic heterocycles. The molecule has 112 valence electrons. The first kappa shape index (κ1) is 15.0. The average molecular weight is 280 g/mol. The molecule has 6 nitrogen and oxygen atoms in total. The summed E-state index contributed by atoms with van der Waals surface area (Å²) in [6.45, 7) is 4.80. The maximum atomic E-state index is 12.6. The molecule has 1 aromatic rings. The van der Waals surface area contributed by atoms with Crippen molar-refractivity contribution in [2.45, 2.75) is 38.8 Å². The van der Waals surface area contributed by atoms with Gasteiger partial charge in [0.1, 0.15) is 0 Å². The first-order chi connectivity index (χ1) is 9.67. The van der Waals surface area contributed by atoms with Gasteiger partial charge in [-0.1, -0.05) is 0 Å². The largest absolute Gasteiger partial charge is 0.380 e. The number of methoxy groups -OCH3 is 1. The van der Waals surface area contributed by atoms with E-state index < -0.39 is 0 Å². The number of aryl methyl sites for hydroxylation is 1. The van der Waals surface area contributed by atoms with Gasteiger partial charge in [-0.2, -0.15) is 5.10 Å². The number of hydrogen-bond acceptors (Lipinski definition) is 4. The zero-order chi connectivity index (χ0) is 14.5. The number of ether oxygens (including phenoxy) is 1. The van der Waals surface area contributed by atoms with Crippen LogP contribution in [-0.2, 0) is 11.3 Å². The van der Waals surface area contributed by atoms with Gasteiger partial charge in [0.05, 0.1) is 17.9 Å². The number of likely N-dealkylation sites (tertiary alicyclic amines) is 1. The summed E-state index contributed by atoms with van der Waals surface area (Å²) in [6, 6.07) is 0. The average Bonchev–Trinajstić information content (AvgIpc) is 2.85. The number of rotatable bonds is 5. The van der Waals surface area contributed by atoms with E-state index in [1.165, 1.54) is 0 Å². The summed E-state index contributed by atoms with van der Waals surface area (Å²) < 4.78 is 7.23. The van der Waals surface area contributed by atoms with Gasteiger partial charge in [0.25, 0.3) is 5.91 Å². The molecule has 0 aliphatic carbocycles. The molecule has 20 heavy (non-hydrogen) atoms. The van der Waals surface area contributed by atoms with Crippen molar-refractivity contribution < 1.29 is 9.53 Å². The molecule has 0 saturated carbocycles. The second kappa shape index (κ2) is 6.85. The predicted molar refractivity (Wildman–Crippen MR) is 76.6 cm³/mol. The van der Waals surface area contributed by atoms with Crippen LogP contribution in [0.2, 0.25) is 0 Å². The van der Waals surface area contributed by atoms with Crippen LogP contribution in [0.1, 0.15) is 35.3 Å². The van der Waals surface area contributed by atoms with Crippen LogP contribution in [0, 0.1) is 6.92 Å². The highest BCUT2D eigenvalue weighted by Crippen LogP contribution is 2.17. The third-order valence-electron chi connectivity index (χ3n) is 3.91. The number of piperidine rings is 1. The van der Waals surface area contributed by atoms with Crippen LogP contribution in [0.4, 0.5) is 0 Å². The fourth-order valence-corrected chi connectivity index (χ4v) is 2.61. The van der Waals surface area contributed by atoms with Crippen LogP contribution < -0.4 is 5.73 Å². The minimum Gasteiger partial charge on any atom is -0.380 e. The lowest BCUT2D eigenvalue weighted by Crippen LogP contribution is -2.43. The Balaban J connectivity index is 2.07. The Bertz CT molecular complexity index is 458. The lowest BCUT2D eigenvalue weighted by Gasteiger charge is -2.31. The molecule has 0 radical (unpaired) electrons. The topological polar surface area (TPSA) is 73.4 Å². The van der Waals surface area contributed by atoms with E-state index in [9.17, 15) is 4.79 Å². The second-order valence-corrected chi connectivity index (χ2v) is 5.26. The number of carbonyl (C=O) groups excluding carboxylic acids is 1. The number of hydrogen-bond donors (Lipinski definition) is 1. The number of nitrogens with zero attached hydrogens (tertiary/aromatic N) is 3. The Labute approximate surface area is 119 Å². The lowest BCUT2D eigenvalue weighted by molar-refractivity contribution is 0.0268. The van der Waals surface area contributed by atoms with Crippen LogP contribution in [0.3, 0.4) is 0 Å². The molecule has 1 unspecified atom stereocenters. The Kier molecular flexibility index (Phi) is 5.14. The molecule has 1 fully saturated rings. The summed E-state index contributed by atoms with van der Waals surface area (Å²) in [7, 11) is 1.70. The van der Waals surface area contributed by atoms with E-state index in [0.29, 0.717) is 18.7 Å². The number of amides is 1. The van der Waals surface area contributed by atoms with E-state index in [1.807, 2.05) is 16.5 Å². The molecule has 1 saturated heterocycles. The smallest absolute Gasteiger partial charge is 0.257 e. The monoisotopic (exact) mass is 280 g/mol. The third kappa shape index (κ3) is 3.19. The zero-order valence-electron chi connectivity index (χ0n) is 12.3. The van der Waals surface area contributed by atoms with E-state index in [2.05, 4.69) is 5.10 Å². The lowest BCUT2D eigenvalue weighted by atomic mass is 10.1. The highest BCUT2D eigenvalue weighted by Gasteiger charge is 2.26. The summed E-state index contributed by atoms with van der Waals surface area (Å²) in [5.74, 6) is 0.0586. The van der Waals surface area contributed by atoms with Crippen molar-refractivity contribution in [1.29, 1.82) is 0 Å². The zero-order valence-corrected chi connectivity index (χ0v) is 12.3. The third-order valence-corrected chi connectivity index (χ3v) is 3.91. The van der Waals surface area contributed by atoms with E-state index in [4.69, 9.17) is 10.5 Å². The Morgan fingerprint density at radius 2 is 2.40 bits per heavy atom. The van der Waals surface area contributed by atoms with Crippen molar-refractivity contribution in [3.05, 3.63) is 17.5 Å². The Morgan fingerprint density at radius 1 is 1.60 bits per heavy atom. The maximum absolute atomic E-state index is 12.6. The van der Waals surface area contributed by atoms with Gasteiger partial charge >= 0.3 is 0 Å². The number of carbonyl (C=O) groups is 1. The summed E-state index contributed by atoms with van der Waals surface area (Å²) in [5.41, 5.74) is 7.12. The van der Waals surface area contributed by atoms with Gasteiger partial charge in [0, 0.05) is 32.4 Å². The summed E-state index contributed by atoms with van der Waals surface area (Å²) in [4.78, 5) is 14.4. The Morgan fingerprint density at radius 3 is 3.10 bits per heavy atom. The van der Waals surface area contributed by atoms with Crippen LogP contribution in [0.5, 0.6) is 0 Å². The van der Waals surface area contributed by atoms with Gasteiger partial charge in [-0.3, -0.25) is 9.48 Å². The normalized spacial score (nSPS) is 19.4. The molecule has 2 N–H and O–H groups in total. The standard InChI is InChI=1S/C14H24N4O2/c1-11-13(9-16-18(11)8-4-6-15)14(19)17-7-3-5-12(10-17)20-2/h9,12H,3-8,10,15H2,1-2H3. The molecule has 1 aromatic heterocycles. The minimum absolute atomic E-state index is 0.0586. The quantitative estimate of drug-likeness (QED) is 0.865. The second-order valence-electron chi connectivity index (χ2n) is 5.26. The molecular weight excluding hydrogens is 256 g/mol. The molecule has 6 heteroatoms. The van der Waals surface area contributed by atoms with Gasteiger partial charge in [0.15, 0.2) is 0 Å². The first-order valence-electron chi connectivity index (χ1n) is 7.22. The minimum atomic E-state index is 0.0586. The van der Waals surface area contributed by atoms with Crippen molar-refractivity contribution in [3.8, 4) is 0 Å². The van der Waals surface area contributed by atoms with Crippen LogP contribution >= 0.6 is 0 Å². The molecule has 1 aliphatic rings. The summed E-state index contributed by atoms with van der Waals surface area (Å²) in [6.07, 6.45) is 4.70. The van der Waals surface area contributed by atoms with Gasteiger partial charge in [-0.05, 0) is 32.7 Å². The maximum Gasteiger partial charge on any atom is 0.257 e. The molecule has 2 heterocycles. The van der Waals surface area contributed by atoms with E-state index in [0.717, 1.165) is 38.0 Å². The fraction of sp³-hybridized carbons (Fsp3) is 0.714. The molecule has 2 rings (SSSR count). The van der Waals surface area contributed by atoms with Crippen molar-refractivity contribution >= 4 is 5.91 Å². The van der Waals surface area contributed by atoms with Crippen molar-refractivity contribution in [1.82, 2.24) is 14.7 Å². The number of nitrogens with two attached hydrogens (primary N) is 1. The van der Waals surface area contributed by atoms with E-state index in [1.54, 1.807) is 13.3 Å². The SMILES string of the molecule is COC1CCCN(C(=O)c2cnn(CCCN)c2C)C1. The Hall–Kier alpha value is -1.40. The summed E-state index contributed by atoms with van der Waals surface area (Å²) >= 11 is 0. The fourth-order valence-electron chi connectivity index (χ4n) is 2.61. The highest BCUT2D eigenvalue weighted by atomic mass is 16.5. The molecule has 1 atom stereocenters. The van der Waals surface area contributed by atoms with E-state index in [-0.39, 0.29) is 12.0 Å². The van der Waals surface area contributed by atoms with Crippen molar-refractivity contribution in [2.24, 2.45) is 5.73 Å². The van der Waals surface area contributed by atoms with Crippen LogP contribution in [0.25, 0.3) is 0 Å². The van der Waals surface area contributed by atoms with Crippen LogP contribution in [0.15, 0.2) is 6.20 Å². The van der Waals surface area contributed by atoms with Gasteiger partial charge < -0.3 is 15.4 Å². The van der Waals surface area contributed by atoms with Gasteiger partial charge in [0.2, 0.25) is 0 Å². The molecular formula is C14H24N4O2. The first-order valence-corrected chi connectivity index (χ1v) is 7.22. The van der Waals surface area contributed by atoms with Gasteiger partial charge in [-0.15, -0.1) is 0 Å². The molecule has 0 aromatic carbocycles. The van der Waals surface area contributed by atoms with Crippen molar-refractivity contribution in [2.75, 3.05) is 26.7 Å². The molecule has 0 bridgehead atoms. The predicted octanol–water partition coefficient (Wildman–Crippen LogP) is 0.791. The highest BCUT2D eigenvalue weighted by molar-refractivity contribution is 5.95. The summed E-state index contributed by atoms with van der Waals surface area (Å²) in [5, 5.41) is 4.29. The van der Waals surface area contributed by atoms with E-state index >= 15 is 0 Å². The number of aromatic nitrogens is 2.